The molecule has 1 fully saturated rings. The van der Waals surface area contributed by atoms with Crippen LogP contribution in [0.25, 0.3) is 6.08 Å². The van der Waals surface area contributed by atoms with Crippen LogP contribution in [0.2, 0.25) is 0 Å². The van der Waals surface area contributed by atoms with E-state index in [0.717, 1.165) is 26.7 Å². The number of thioether (sulfide) groups is 1. The summed E-state index contributed by atoms with van der Waals surface area (Å²) in [7, 11) is 0. The Bertz CT molecular complexity index is 1120. The molecule has 0 radical (unpaired) electrons. The smallest absolute Gasteiger partial charge is 0.349 e. The van der Waals surface area contributed by atoms with Crippen molar-refractivity contribution in [2.75, 3.05) is 0 Å². The molecule has 1 saturated heterocycles. The first kappa shape index (κ1) is 18.8. The molecule has 1 amide bonds. The van der Waals surface area contributed by atoms with E-state index < -0.39 is 17.7 Å². The summed E-state index contributed by atoms with van der Waals surface area (Å²) in [6.07, 6.45) is 2.87. The predicted molar refractivity (Wildman–Crippen MR) is 114 cm³/mol. The second-order valence-corrected chi connectivity index (χ2v) is 8.36. The minimum atomic E-state index is -0.812. The number of hydrogen-bond donors (Lipinski definition) is 0. The first-order chi connectivity index (χ1) is 13.5. The average molecular weight is 472 g/mol. The van der Waals surface area contributed by atoms with Gasteiger partial charge in [-0.25, -0.2) is 4.79 Å². The zero-order chi connectivity index (χ0) is 19.8. The normalized spacial score (nSPS) is 19.4. The van der Waals surface area contributed by atoms with Crippen molar-refractivity contribution >= 4 is 68.0 Å². The molecule has 2 heterocycles. The third-order valence-corrected chi connectivity index (χ3v) is 6.13. The second kappa shape index (κ2) is 7.46. The molecule has 0 aliphatic carbocycles. The fourth-order valence-corrected chi connectivity index (χ4v) is 4.30. The number of carbonyl (C=O) groups excluding carboxylic acids is 3. The molecule has 4 rings (SSSR count). The molecule has 8 heteroatoms. The van der Waals surface area contributed by atoms with E-state index in [-0.39, 0.29) is 21.2 Å². The third kappa shape index (κ3) is 3.34. The molecule has 0 aromatic heterocycles. The van der Waals surface area contributed by atoms with Crippen LogP contribution in [0.5, 0.6) is 5.75 Å². The zero-order valence-electron chi connectivity index (χ0n) is 14.0. The number of hydrogen-bond acceptors (Lipinski definition) is 6. The Morgan fingerprint density at radius 2 is 1.75 bits per heavy atom. The Morgan fingerprint density at radius 3 is 2.54 bits per heavy atom. The molecule has 28 heavy (non-hydrogen) atoms. The summed E-state index contributed by atoms with van der Waals surface area (Å²) in [5.41, 5.74) is 0.845. The fourth-order valence-electron chi connectivity index (χ4n) is 2.70. The molecule has 0 atom stereocenters. The van der Waals surface area contributed by atoms with E-state index in [2.05, 4.69) is 15.9 Å². The lowest BCUT2D eigenvalue weighted by Crippen LogP contribution is -2.30. The number of fused-ring (bicyclic) bond motifs is 1. The molecule has 5 nitrogen and oxygen atoms in total. The van der Waals surface area contributed by atoms with Crippen LogP contribution in [0.3, 0.4) is 0 Å². The molecule has 0 unspecified atom stereocenters. The van der Waals surface area contributed by atoms with Crippen LogP contribution in [0.1, 0.15) is 15.9 Å². The van der Waals surface area contributed by atoms with Gasteiger partial charge in [0, 0.05) is 10.7 Å². The summed E-state index contributed by atoms with van der Waals surface area (Å²) in [6, 6.07) is 13.9. The Kier molecular flexibility index (Phi) is 5.01. The summed E-state index contributed by atoms with van der Waals surface area (Å²) in [6.45, 7) is 0. The molecule has 0 spiro atoms. The van der Waals surface area contributed by atoms with Gasteiger partial charge >= 0.3 is 5.97 Å². The van der Waals surface area contributed by atoms with Gasteiger partial charge in [-0.2, -0.15) is 0 Å². The van der Waals surface area contributed by atoms with Gasteiger partial charge in [-0.3, -0.25) is 14.5 Å². The van der Waals surface area contributed by atoms with Crippen LogP contribution < -0.4 is 4.74 Å². The molecule has 2 aromatic rings. The van der Waals surface area contributed by atoms with Crippen molar-refractivity contribution in [3.05, 3.63) is 80.8 Å². The van der Waals surface area contributed by atoms with E-state index in [9.17, 15) is 14.4 Å². The fraction of sp³-hybridized carbons (Fsp3) is 0. The number of halogens is 1. The van der Waals surface area contributed by atoms with Crippen molar-refractivity contribution in [3.8, 4) is 5.75 Å². The highest BCUT2D eigenvalue weighted by molar-refractivity contribution is 9.10. The number of benzene rings is 2. The van der Waals surface area contributed by atoms with Crippen LogP contribution in [0.4, 0.5) is 0 Å². The highest BCUT2D eigenvalue weighted by Gasteiger charge is 2.36. The van der Waals surface area contributed by atoms with E-state index in [1.807, 2.05) is 24.3 Å². The number of amides is 1. The van der Waals surface area contributed by atoms with Gasteiger partial charge < -0.3 is 4.74 Å². The highest BCUT2D eigenvalue weighted by Crippen LogP contribution is 2.35. The maximum absolute atomic E-state index is 12.8. The van der Waals surface area contributed by atoms with E-state index in [4.69, 9.17) is 17.0 Å². The van der Waals surface area contributed by atoms with Gasteiger partial charge in [0.15, 0.2) is 4.32 Å². The molecule has 0 bridgehead atoms. The van der Waals surface area contributed by atoms with Gasteiger partial charge in [-0.1, -0.05) is 70.2 Å². The predicted octanol–water partition coefficient (Wildman–Crippen LogP) is 4.34. The second-order valence-electron chi connectivity index (χ2n) is 5.83. The number of nitrogens with zero attached hydrogens (tertiary/aromatic N) is 1. The van der Waals surface area contributed by atoms with Gasteiger partial charge in [0.05, 0.1) is 10.5 Å². The van der Waals surface area contributed by atoms with Crippen LogP contribution in [-0.4, -0.2) is 26.9 Å². The summed E-state index contributed by atoms with van der Waals surface area (Å²) >= 11 is 9.81. The molecular weight excluding hydrogens is 462 g/mol. The maximum atomic E-state index is 12.8. The van der Waals surface area contributed by atoms with Crippen molar-refractivity contribution in [1.82, 2.24) is 4.90 Å². The highest BCUT2D eigenvalue weighted by atomic mass is 79.9. The Labute approximate surface area is 178 Å². The van der Waals surface area contributed by atoms with Crippen LogP contribution in [0.15, 0.2) is 69.7 Å². The van der Waals surface area contributed by atoms with Gasteiger partial charge in [-0.15, -0.1) is 0 Å². The van der Waals surface area contributed by atoms with Gasteiger partial charge in [-0.05, 0) is 29.8 Å². The lowest BCUT2D eigenvalue weighted by molar-refractivity contribution is -0.130. The van der Waals surface area contributed by atoms with Crippen molar-refractivity contribution < 1.29 is 19.1 Å². The lowest BCUT2D eigenvalue weighted by Gasteiger charge is -2.18. The summed E-state index contributed by atoms with van der Waals surface area (Å²) in [5, 5.41) is 0. The quantitative estimate of drug-likeness (QED) is 0.213. The standard InChI is InChI=1S/C20H10BrNO4S2/c21-14-7-3-1-5-11(14)9-16-18(24)22(20(27)28-16)10-13-17(23)12-6-2-4-8-15(12)26-19(13)25/h1-10H/b13-10+,16-9+. The van der Waals surface area contributed by atoms with Crippen LogP contribution in [-0.2, 0) is 9.59 Å². The summed E-state index contributed by atoms with van der Waals surface area (Å²) < 4.78 is 6.26. The molecule has 2 aliphatic rings. The SMILES string of the molecule is O=C1Oc2ccccc2C(=O)/C1=C\N1C(=O)/C(=C\c2ccccc2Br)SC1=S. The van der Waals surface area contributed by atoms with Gasteiger partial charge in [0.25, 0.3) is 5.91 Å². The Balaban J connectivity index is 1.68. The van der Waals surface area contributed by atoms with E-state index in [1.54, 1.807) is 30.3 Å². The van der Waals surface area contributed by atoms with E-state index in [0.29, 0.717) is 4.91 Å². The molecule has 2 aromatic carbocycles. The zero-order valence-corrected chi connectivity index (χ0v) is 17.3. The third-order valence-electron chi connectivity index (χ3n) is 4.07. The molecule has 0 saturated carbocycles. The minimum absolute atomic E-state index is 0.203. The monoisotopic (exact) mass is 471 g/mol. The first-order valence-electron chi connectivity index (χ1n) is 8.05. The number of esters is 1. The van der Waals surface area contributed by atoms with Crippen molar-refractivity contribution in [2.45, 2.75) is 0 Å². The number of ether oxygens (including phenoxy) is 1. The van der Waals surface area contributed by atoms with Gasteiger partial charge in [0.1, 0.15) is 11.3 Å². The molecule has 2 aliphatic heterocycles. The largest absolute Gasteiger partial charge is 0.422 e. The Hall–Kier alpha value is -2.55. The maximum Gasteiger partial charge on any atom is 0.349 e. The first-order valence-corrected chi connectivity index (χ1v) is 10.1. The van der Waals surface area contributed by atoms with Gasteiger partial charge in [0.2, 0.25) is 5.78 Å². The number of para-hydroxylation sites is 1. The summed E-state index contributed by atoms with van der Waals surface area (Å²) in [4.78, 5) is 39.2. The van der Waals surface area contributed by atoms with E-state index in [1.165, 1.54) is 6.20 Å². The van der Waals surface area contributed by atoms with Crippen LogP contribution >= 0.6 is 39.9 Å². The summed E-state index contributed by atoms with van der Waals surface area (Å²) in [5.74, 6) is -1.52. The van der Waals surface area contributed by atoms with Crippen molar-refractivity contribution in [2.24, 2.45) is 0 Å². The van der Waals surface area contributed by atoms with Crippen LogP contribution in [0, 0.1) is 0 Å². The molecule has 138 valence electrons. The number of ketones is 1. The topological polar surface area (TPSA) is 63.7 Å². The minimum Gasteiger partial charge on any atom is -0.422 e. The molecule has 0 N–H and O–H groups in total. The Morgan fingerprint density at radius 1 is 1.04 bits per heavy atom. The number of carbonyl (C=O) groups is 3. The number of Topliss-reactive ketones (excluding diaryl/α,β-unsaturated/α-hetero) is 1. The van der Waals surface area contributed by atoms with Crippen molar-refractivity contribution in [3.63, 3.8) is 0 Å². The van der Waals surface area contributed by atoms with E-state index >= 15 is 0 Å². The number of thiocarbonyl (C=S) groups is 1. The average Bonchev–Trinajstić information content (AvgIpc) is 2.94. The lowest BCUT2D eigenvalue weighted by atomic mass is 10.0. The van der Waals surface area contributed by atoms with Crippen molar-refractivity contribution in [1.29, 1.82) is 0 Å². The molecular formula is C20H10BrNO4S2. The number of rotatable bonds is 2.